The molecule has 1 heteroatoms. The lowest BCUT2D eigenvalue weighted by molar-refractivity contribution is 0.331. The second-order valence-electron chi connectivity index (χ2n) is 3.21. The predicted octanol–water partition coefficient (Wildman–Crippen LogP) is 3.06. The second kappa shape index (κ2) is 7.11. The van der Waals surface area contributed by atoms with Gasteiger partial charge in [-0.15, -0.1) is 0 Å². The average Bonchev–Trinajstić information content (AvgIpc) is 2.04. The van der Waals surface area contributed by atoms with E-state index in [1.165, 1.54) is 5.57 Å². The van der Waals surface area contributed by atoms with Crippen molar-refractivity contribution in [3.63, 3.8) is 0 Å². The highest BCUT2D eigenvalue weighted by molar-refractivity contribution is 5.03. The summed E-state index contributed by atoms with van der Waals surface area (Å²) in [4.78, 5) is 0. The summed E-state index contributed by atoms with van der Waals surface area (Å²) in [6.07, 6.45) is 7.64. The number of aliphatic hydroxyl groups excluding tert-OH is 1. The first kappa shape index (κ1) is 11.4. The van der Waals surface area contributed by atoms with E-state index in [0.29, 0.717) is 0 Å². The lowest BCUT2D eigenvalue weighted by atomic mass is 10.1. The van der Waals surface area contributed by atoms with Crippen LogP contribution in [0.4, 0.5) is 0 Å². The van der Waals surface area contributed by atoms with Gasteiger partial charge in [0.1, 0.15) is 0 Å². The van der Waals surface area contributed by atoms with E-state index in [2.05, 4.69) is 26.0 Å². The summed E-state index contributed by atoms with van der Waals surface area (Å²) in [5, 5.41) is 8.72. The molecule has 0 rings (SSSR count). The molecule has 0 amide bonds. The summed E-state index contributed by atoms with van der Waals surface area (Å²) >= 11 is 0. The van der Waals surface area contributed by atoms with Crippen molar-refractivity contribution in [2.75, 3.05) is 6.61 Å². The average molecular weight is 168 g/mol. The maximum Gasteiger partial charge on any atom is 0.0639 e. The Morgan fingerprint density at radius 1 is 1.17 bits per heavy atom. The second-order valence-corrected chi connectivity index (χ2v) is 3.21. The van der Waals surface area contributed by atoms with Crippen LogP contribution in [0.25, 0.3) is 0 Å². The fraction of sp³-hybridized carbons (Fsp3) is 0.636. The molecule has 0 aromatic carbocycles. The number of hydrogen-bond donors (Lipinski definition) is 1. The Balaban J connectivity index is 3.62. The van der Waals surface area contributed by atoms with Crippen LogP contribution in [0.15, 0.2) is 23.3 Å². The summed E-state index contributed by atoms with van der Waals surface area (Å²) in [5.74, 6) is 0. The Labute approximate surface area is 75.8 Å². The van der Waals surface area contributed by atoms with E-state index in [0.717, 1.165) is 24.8 Å². The van der Waals surface area contributed by atoms with Gasteiger partial charge in [-0.25, -0.2) is 0 Å². The predicted molar refractivity (Wildman–Crippen MR) is 54.1 cm³/mol. The van der Waals surface area contributed by atoms with Crippen molar-refractivity contribution < 1.29 is 5.11 Å². The van der Waals surface area contributed by atoms with Gasteiger partial charge in [-0.1, -0.05) is 30.2 Å². The summed E-state index contributed by atoms with van der Waals surface area (Å²) in [6, 6.07) is 0. The number of aliphatic hydroxyl groups is 1. The summed E-state index contributed by atoms with van der Waals surface area (Å²) in [6.45, 7) is 6.46. The largest absolute Gasteiger partial charge is 0.392 e. The third kappa shape index (κ3) is 6.17. The van der Waals surface area contributed by atoms with Crippen LogP contribution in [0.3, 0.4) is 0 Å². The van der Waals surface area contributed by atoms with Gasteiger partial charge in [-0.3, -0.25) is 0 Å². The molecule has 0 aliphatic rings. The first-order chi connectivity index (χ1) is 5.70. The zero-order chi connectivity index (χ0) is 9.40. The summed E-state index contributed by atoms with van der Waals surface area (Å²) in [7, 11) is 0. The minimum Gasteiger partial charge on any atom is -0.392 e. The zero-order valence-corrected chi connectivity index (χ0v) is 8.43. The smallest absolute Gasteiger partial charge is 0.0639 e. The van der Waals surface area contributed by atoms with Crippen LogP contribution in [-0.2, 0) is 0 Å². The Morgan fingerprint density at radius 3 is 2.33 bits per heavy atom. The van der Waals surface area contributed by atoms with E-state index in [4.69, 9.17) is 5.11 Å². The third-order valence-electron chi connectivity index (χ3n) is 1.83. The lowest BCUT2D eigenvalue weighted by Crippen LogP contribution is -1.84. The molecule has 12 heavy (non-hydrogen) atoms. The Hall–Kier alpha value is -0.560. The van der Waals surface area contributed by atoms with Crippen LogP contribution < -0.4 is 0 Å². The normalized spacial score (nSPS) is 13.7. The van der Waals surface area contributed by atoms with Gasteiger partial charge < -0.3 is 5.11 Å². The van der Waals surface area contributed by atoms with Crippen molar-refractivity contribution in [2.45, 2.75) is 40.0 Å². The Morgan fingerprint density at radius 2 is 1.83 bits per heavy atom. The van der Waals surface area contributed by atoms with Crippen molar-refractivity contribution in [1.29, 1.82) is 0 Å². The molecule has 1 N–H and O–H groups in total. The molecule has 0 aromatic rings. The molecule has 0 atom stereocenters. The molecular formula is C11H20O. The first-order valence-electron chi connectivity index (χ1n) is 4.62. The fourth-order valence-corrected chi connectivity index (χ4v) is 1.06. The Kier molecular flexibility index (Phi) is 6.78. The summed E-state index contributed by atoms with van der Waals surface area (Å²) in [5.41, 5.74) is 2.51. The van der Waals surface area contributed by atoms with Crippen molar-refractivity contribution in [3.05, 3.63) is 23.3 Å². The van der Waals surface area contributed by atoms with Crippen LogP contribution in [0.1, 0.15) is 40.0 Å². The molecule has 0 aliphatic carbocycles. The molecule has 1 nitrogen and oxygen atoms in total. The lowest BCUT2D eigenvalue weighted by Gasteiger charge is -1.98. The topological polar surface area (TPSA) is 20.2 Å². The fourth-order valence-electron chi connectivity index (χ4n) is 1.06. The van der Waals surface area contributed by atoms with Crippen LogP contribution >= 0.6 is 0 Å². The van der Waals surface area contributed by atoms with E-state index in [1.807, 2.05) is 6.92 Å². The van der Waals surface area contributed by atoms with E-state index in [-0.39, 0.29) is 6.61 Å². The maximum absolute atomic E-state index is 8.72. The van der Waals surface area contributed by atoms with Gasteiger partial charge in [0.05, 0.1) is 6.61 Å². The summed E-state index contributed by atoms with van der Waals surface area (Å²) < 4.78 is 0. The molecule has 0 radical (unpaired) electrons. The first-order valence-corrected chi connectivity index (χ1v) is 4.62. The van der Waals surface area contributed by atoms with E-state index < -0.39 is 0 Å². The molecule has 0 saturated heterocycles. The van der Waals surface area contributed by atoms with Crippen LogP contribution in [0, 0.1) is 0 Å². The van der Waals surface area contributed by atoms with Gasteiger partial charge in [-0.05, 0) is 33.1 Å². The molecule has 70 valence electrons. The molecule has 0 aliphatic heterocycles. The zero-order valence-electron chi connectivity index (χ0n) is 8.43. The molecule has 0 saturated carbocycles. The molecular weight excluding hydrogens is 148 g/mol. The quantitative estimate of drug-likeness (QED) is 0.625. The van der Waals surface area contributed by atoms with E-state index in [9.17, 15) is 0 Å². The Bertz CT molecular complexity index is 166. The highest BCUT2D eigenvalue weighted by Gasteiger charge is 1.88. The van der Waals surface area contributed by atoms with E-state index >= 15 is 0 Å². The standard InChI is InChI=1S/C11H20O/c1-4-6-10(2)7-5-8-11(3)9-12/h6,8,12H,4-5,7,9H2,1-3H3. The number of rotatable bonds is 5. The molecule has 0 heterocycles. The minimum absolute atomic E-state index is 0.191. The molecule has 0 aromatic heterocycles. The monoisotopic (exact) mass is 168 g/mol. The van der Waals surface area contributed by atoms with Crippen molar-refractivity contribution >= 4 is 0 Å². The number of allylic oxidation sites excluding steroid dienone is 3. The van der Waals surface area contributed by atoms with Crippen LogP contribution in [0.2, 0.25) is 0 Å². The van der Waals surface area contributed by atoms with Gasteiger partial charge in [-0.2, -0.15) is 0 Å². The van der Waals surface area contributed by atoms with Gasteiger partial charge in [0.25, 0.3) is 0 Å². The molecule has 0 bridgehead atoms. The van der Waals surface area contributed by atoms with Gasteiger partial charge in [0.15, 0.2) is 0 Å². The third-order valence-corrected chi connectivity index (χ3v) is 1.83. The maximum atomic E-state index is 8.72. The van der Waals surface area contributed by atoms with Crippen molar-refractivity contribution in [2.24, 2.45) is 0 Å². The SMILES string of the molecule is CCC=C(C)CCC=C(C)CO. The molecule has 0 spiro atoms. The van der Waals surface area contributed by atoms with Gasteiger partial charge in [0.2, 0.25) is 0 Å². The van der Waals surface area contributed by atoms with Crippen molar-refractivity contribution in [3.8, 4) is 0 Å². The van der Waals surface area contributed by atoms with Gasteiger partial charge >= 0.3 is 0 Å². The molecule has 0 unspecified atom stereocenters. The highest BCUT2D eigenvalue weighted by Crippen LogP contribution is 2.06. The highest BCUT2D eigenvalue weighted by atomic mass is 16.3. The van der Waals surface area contributed by atoms with E-state index in [1.54, 1.807) is 0 Å². The van der Waals surface area contributed by atoms with Crippen LogP contribution in [-0.4, -0.2) is 11.7 Å². The number of hydrogen-bond acceptors (Lipinski definition) is 1. The minimum atomic E-state index is 0.191. The van der Waals surface area contributed by atoms with Gasteiger partial charge in [0, 0.05) is 0 Å². The molecule has 0 fully saturated rings. The van der Waals surface area contributed by atoms with Crippen molar-refractivity contribution in [1.82, 2.24) is 0 Å². The van der Waals surface area contributed by atoms with Crippen LogP contribution in [0.5, 0.6) is 0 Å².